The lowest BCUT2D eigenvalue weighted by molar-refractivity contribution is -0.118. The van der Waals surface area contributed by atoms with E-state index in [2.05, 4.69) is 15.3 Å². The molecule has 1 N–H and O–H groups in total. The molecule has 0 atom stereocenters. The summed E-state index contributed by atoms with van der Waals surface area (Å²) in [5.74, 6) is 0.915. The van der Waals surface area contributed by atoms with Crippen LogP contribution >= 0.6 is 11.6 Å². The van der Waals surface area contributed by atoms with Crippen LogP contribution in [-0.4, -0.2) is 66.6 Å². The number of carbonyl (C=O) groups is 1. The number of hydrogen-bond donors (Lipinski definition) is 1. The topological polar surface area (TPSA) is 77.9 Å². The van der Waals surface area contributed by atoms with Crippen LogP contribution in [0, 0.1) is 0 Å². The van der Waals surface area contributed by atoms with E-state index in [1.807, 2.05) is 31.3 Å². The number of aryl methyl sites for hydroxylation is 1. The van der Waals surface area contributed by atoms with Crippen molar-refractivity contribution in [1.82, 2.24) is 14.7 Å². The molecule has 0 unspecified atom stereocenters. The maximum atomic E-state index is 12.5. The number of para-hydroxylation sites is 1. The number of ether oxygens (including phenoxy) is 3. The molecule has 0 radical (unpaired) electrons. The molecule has 174 valence electrons. The van der Waals surface area contributed by atoms with Crippen molar-refractivity contribution in [3.8, 4) is 22.8 Å². The molecule has 4 rings (SSSR count). The number of carbonyl (C=O) groups excluding carboxylic acids is 1. The number of benzene rings is 2. The highest BCUT2D eigenvalue weighted by atomic mass is 35.5. The van der Waals surface area contributed by atoms with Gasteiger partial charge in [0.05, 0.1) is 23.9 Å². The summed E-state index contributed by atoms with van der Waals surface area (Å²) in [5.41, 5.74) is 2.38. The molecule has 0 saturated carbocycles. The van der Waals surface area contributed by atoms with Gasteiger partial charge in [-0.2, -0.15) is 5.10 Å². The molecule has 9 heteroatoms. The van der Waals surface area contributed by atoms with E-state index in [4.69, 9.17) is 25.8 Å². The lowest BCUT2D eigenvalue weighted by Crippen LogP contribution is -2.38. The summed E-state index contributed by atoms with van der Waals surface area (Å²) in [4.78, 5) is 14.8. The highest BCUT2D eigenvalue weighted by molar-refractivity contribution is 6.32. The van der Waals surface area contributed by atoms with E-state index in [0.717, 1.165) is 49.9 Å². The van der Waals surface area contributed by atoms with E-state index >= 15 is 0 Å². The second-order valence-corrected chi connectivity index (χ2v) is 8.03. The van der Waals surface area contributed by atoms with Gasteiger partial charge in [-0.15, -0.1) is 0 Å². The largest absolute Gasteiger partial charge is 0.492 e. The first kappa shape index (κ1) is 23.1. The molecule has 2 heterocycles. The molecule has 1 aliphatic heterocycles. The molecule has 1 amide bonds. The van der Waals surface area contributed by atoms with Crippen molar-refractivity contribution in [2.45, 2.75) is 0 Å². The zero-order chi connectivity index (χ0) is 23.0. The minimum Gasteiger partial charge on any atom is -0.492 e. The van der Waals surface area contributed by atoms with E-state index in [9.17, 15) is 4.79 Å². The summed E-state index contributed by atoms with van der Waals surface area (Å²) < 4.78 is 18.8. The van der Waals surface area contributed by atoms with Gasteiger partial charge in [0.1, 0.15) is 18.1 Å². The van der Waals surface area contributed by atoms with Crippen molar-refractivity contribution in [3.05, 3.63) is 59.8 Å². The number of hydrogen-bond acceptors (Lipinski definition) is 6. The standard InChI is InChI=1S/C24H27ClN4O4/c1-28-21(8-9-26-28)19-16-18(27-24(30)17-33-23-5-3-2-4-20(23)25)6-7-22(19)32-15-12-29-10-13-31-14-11-29/h2-9,16H,10-15,17H2,1H3,(H,27,30). The van der Waals surface area contributed by atoms with Crippen molar-refractivity contribution in [3.63, 3.8) is 0 Å². The van der Waals surface area contributed by atoms with Gasteiger partial charge in [-0.25, -0.2) is 0 Å². The van der Waals surface area contributed by atoms with E-state index in [1.165, 1.54) is 0 Å². The molecule has 0 aliphatic carbocycles. The Hall–Kier alpha value is -3.07. The first-order valence-electron chi connectivity index (χ1n) is 10.8. The smallest absolute Gasteiger partial charge is 0.262 e. The SMILES string of the molecule is Cn1nccc1-c1cc(NC(=O)COc2ccccc2Cl)ccc1OCCN1CCOCC1. The number of aromatic nitrogens is 2. The molecular weight excluding hydrogens is 444 g/mol. The molecule has 1 saturated heterocycles. The summed E-state index contributed by atoms with van der Waals surface area (Å²) >= 11 is 6.08. The third-order valence-corrected chi connectivity index (χ3v) is 5.64. The predicted molar refractivity (Wildman–Crippen MR) is 127 cm³/mol. The lowest BCUT2D eigenvalue weighted by atomic mass is 10.1. The molecule has 1 fully saturated rings. The number of anilines is 1. The average molecular weight is 471 g/mol. The molecule has 33 heavy (non-hydrogen) atoms. The van der Waals surface area contributed by atoms with Crippen molar-refractivity contribution >= 4 is 23.2 Å². The van der Waals surface area contributed by atoms with Gasteiger partial charge in [0.25, 0.3) is 5.91 Å². The Morgan fingerprint density at radius 3 is 2.70 bits per heavy atom. The van der Waals surface area contributed by atoms with E-state index in [0.29, 0.717) is 23.1 Å². The van der Waals surface area contributed by atoms with Crippen LogP contribution in [0.15, 0.2) is 54.7 Å². The van der Waals surface area contributed by atoms with Gasteiger partial charge in [-0.1, -0.05) is 23.7 Å². The van der Waals surface area contributed by atoms with Crippen molar-refractivity contribution in [1.29, 1.82) is 0 Å². The van der Waals surface area contributed by atoms with Crippen LogP contribution in [0.2, 0.25) is 5.02 Å². The normalized spacial score (nSPS) is 14.1. The fraction of sp³-hybridized carbons (Fsp3) is 0.333. The number of amides is 1. The number of nitrogens with one attached hydrogen (secondary N) is 1. The third kappa shape index (κ3) is 6.25. The highest BCUT2D eigenvalue weighted by Crippen LogP contribution is 2.32. The summed E-state index contributed by atoms with van der Waals surface area (Å²) in [6.45, 7) is 4.58. The number of halogens is 1. The minimum atomic E-state index is -0.285. The van der Waals surface area contributed by atoms with Crippen LogP contribution < -0.4 is 14.8 Å². The maximum Gasteiger partial charge on any atom is 0.262 e. The summed E-state index contributed by atoms with van der Waals surface area (Å²) in [7, 11) is 1.87. The first-order chi connectivity index (χ1) is 16.1. The molecule has 8 nitrogen and oxygen atoms in total. The van der Waals surface area contributed by atoms with E-state index in [1.54, 1.807) is 35.1 Å². The zero-order valence-electron chi connectivity index (χ0n) is 18.5. The number of nitrogens with zero attached hydrogens (tertiary/aromatic N) is 3. The second-order valence-electron chi connectivity index (χ2n) is 7.62. The Kier molecular flexibility index (Phi) is 7.83. The Labute approximate surface area is 198 Å². The monoisotopic (exact) mass is 470 g/mol. The van der Waals surface area contributed by atoms with Gasteiger partial charge < -0.3 is 19.5 Å². The summed E-state index contributed by atoms with van der Waals surface area (Å²) in [5, 5.41) is 7.60. The van der Waals surface area contributed by atoms with Gasteiger partial charge >= 0.3 is 0 Å². The highest BCUT2D eigenvalue weighted by Gasteiger charge is 2.15. The minimum absolute atomic E-state index is 0.150. The van der Waals surface area contributed by atoms with Crippen LogP contribution in [0.1, 0.15) is 0 Å². The van der Waals surface area contributed by atoms with E-state index in [-0.39, 0.29) is 12.5 Å². The lowest BCUT2D eigenvalue weighted by Gasteiger charge is -2.26. The zero-order valence-corrected chi connectivity index (χ0v) is 19.3. The van der Waals surface area contributed by atoms with E-state index < -0.39 is 0 Å². The van der Waals surface area contributed by atoms with Crippen LogP contribution in [0.3, 0.4) is 0 Å². The van der Waals surface area contributed by atoms with Crippen LogP contribution in [0.25, 0.3) is 11.3 Å². The molecule has 1 aliphatic rings. The van der Waals surface area contributed by atoms with Crippen molar-refractivity contribution < 1.29 is 19.0 Å². The molecule has 0 spiro atoms. The van der Waals surface area contributed by atoms with Crippen molar-refractivity contribution in [2.75, 3.05) is 51.4 Å². The Bertz CT molecular complexity index is 1080. The Morgan fingerprint density at radius 1 is 1.12 bits per heavy atom. The van der Waals surface area contributed by atoms with Crippen LogP contribution in [-0.2, 0) is 16.6 Å². The van der Waals surface area contributed by atoms with Crippen LogP contribution in [0.4, 0.5) is 5.69 Å². The molecule has 3 aromatic rings. The molecular formula is C24H27ClN4O4. The first-order valence-corrected chi connectivity index (χ1v) is 11.2. The Morgan fingerprint density at radius 2 is 1.94 bits per heavy atom. The summed E-state index contributed by atoms with van der Waals surface area (Å²) in [6, 6.07) is 14.5. The quantitative estimate of drug-likeness (QED) is 0.516. The fourth-order valence-corrected chi connectivity index (χ4v) is 3.77. The molecule has 0 bridgehead atoms. The fourth-order valence-electron chi connectivity index (χ4n) is 3.58. The number of rotatable bonds is 9. The second kappa shape index (κ2) is 11.2. The molecule has 1 aromatic heterocycles. The van der Waals surface area contributed by atoms with Crippen LogP contribution in [0.5, 0.6) is 11.5 Å². The molecule has 2 aromatic carbocycles. The van der Waals surface area contributed by atoms with Gasteiger partial charge in [-0.3, -0.25) is 14.4 Å². The van der Waals surface area contributed by atoms with Gasteiger partial charge in [0.15, 0.2) is 6.61 Å². The van der Waals surface area contributed by atoms with Gasteiger partial charge in [0.2, 0.25) is 0 Å². The predicted octanol–water partition coefficient (Wildman–Crippen LogP) is 3.47. The van der Waals surface area contributed by atoms with Gasteiger partial charge in [0, 0.05) is 44.1 Å². The van der Waals surface area contributed by atoms with Gasteiger partial charge in [-0.05, 0) is 36.4 Å². The Balaban J connectivity index is 1.42. The average Bonchev–Trinajstić information content (AvgIpc) is 3.25. The maximum absolute atomic E-state index is 12.5. The third-order valence-electron chi connectivity index (χ3n) is 5.32. The van der Waals surface area contributed by atoms with Crippen molar-refractivity contribution in [2.24, 2.45) is 7.05 Å². The number of morpholine rings is 1. The summed E-state index contributed by atoms with van der Waals surface area (Å²) in [6.07, 6.45) is 1.73.